The Bertz CT molecular complexity index is 891. The van der Waals surface area contributed by atoms with Gasteiger partial charge in [0.15, 0.2) is 5.96 Å². The van der Waals surface area contributed by atoms with Crippen LogP contribution in [0.5, 0.6) is 5.75 Å². The second kappa shape index (κ2) is 11.6. The van der Waals surface area contributed by atoms with Crippen molar-refractivity contribution in [3.05, 3.63) is 65.2 Å². The standard InChI is InChI=1S/C26H36N4O2/c1-19(2)18-32-24-13-11-23(12-14-24)20(3)29-26(27-4)28-16-21-7-9-22(10-8-21)17-30-15-5-6-25(30)31/h7-14,19-20H,5-6,15-18H2,1-4H3,(H2,27,28,29). The van der Waals surface area contributed by atoms with Gasteiger partial charge in [-0.1, -0.05) is 50.2 Å². The van der Waals surface area contributed by atoms with Crippen LogP contribution in [0, 0.1) is 5.92 Å². The van der Waals surface area contributed by atoms with E-state index in [1.165, 1.54) is 16.7 Å². The first-order valence-electron chi connectivity index (χ1n) is 11.5. The Morgan fingerprint density at radius 2 is 1.75 bits per heavy atom. The number of carbonyl (C=O) groups is 1. The number of guanidine groups is 1. The highest BCUT2D eigenvalue weighted by Gasteiger charge is 2.19. The molecular weight excluding hydrogens is 400 g/mol. The minimum atomic E-state index is 0.112. The van der Waals surface area contributed by atoms with Crippen molar-refractivity contribution in [2.75, 3.05) is 20.2 Å². The molecule has 1 amide bonds. The number of rotatable bonds is 9. The van der Waals surface area contributed by atoms with Crippen molar-refractivity contribution < 1.29 is 9.53 Å². The number of hydrogen-bond donors (Lipinski definition) is 2. The van der Waals surface area contributed by atoms with Gasteiger partial charge < -0.3 is 20.3 Å². The lowest BCUT2D eigenvalue weighted by Crippen LogP contribution is -2.38. The molecule has 0 spiro atoms. The van der Waals surface area contributed by atoms with Gasteiger partial charge in [-0.05, 0) is 48.1 Å². The molecule has 0 saturated carbocycles. The predicted octanol–water partition coefficient (Wildman–Crippen LogP) is 4.27. The van der Waals surface area contributed by atoms with E-state index in [0.29, 0.717) is 25.4 Å². The molecule has 0 radical (unpaired) electrons. The van der Waals surface area contributed by atoms with Gasteiger partial charge in [0.2, 0.25) is 5.91 Å². The van der Waals surface area contributed by atoms with Crippen LogP contribution in [0.25, 0.3) is 0 Å². The van der Waals surface area contributed by atoms with E-state index >= 15 is 0 Å². The van der Waals surface area contributed by atoms with E-state index in [0.717, 1.165) is 31.3 Å². The molecule has 2 aromatic carbocycles. The van der Waals surface area contributed by atoms with Crippen LogP contribution in [0.1, 0.15) is 56.3 Å². The highest BCUT2D eigenvalue weighted by molar-refractivity contribution is 5.80. The van der Waals surface area contributed by atoms with Crippen LogP contribution < -0.4 is 15.4 Å². The monoisotopic (exact) mass is 436 g/mol. The molecule has 3 rings (SSSR count). The number of benzene rings is 2. The minimum absolute atomic E-state index is 0.112. The summed E-state index contributed by atoms with van der Waals surface area (Å²) in [5.74, 6) is 2.42. The van der Waals surface area contributed by atoms with E-state index in [4.69, 9.17) is 4.74 Å². The number of likely N-dealkylation sites (tertiary alicyclic amines) is 1. The smallest absolute Gasteiger partial charge is 0.222 e. The molecule has 172 valence electrons. The largest absolute Gasteiger partial charge is 0.493 e. The summed E-state index contributed by atoms with van der Waals surface area (Å²) in [6.45, 7) is 9.38. The first-order chi connectivity index (χ1) is 15.4. The molecule has 1 unspecified atom stereocenters. The lowest BCUT2D eigenvalue weighted by atomic mass is 10.1. The number of aliphatic imine (C=N–C) groups is 1. The number of amides is 1. The normalized spacial score (nSPS) is 15.2. The molecule has 1 fully saturated rings. The molecule has 2 aromatic rings. The van der Waals surface area contributed by atoms with Gasteiger partial charge >= 0.3 is 0 Å². The number of carbonyl (C=O) groups excluding carboxylic acids is 1. The fraction of sp³-hybridized carbons (Fsp3) is 0.462. The summed E-state index contributed by atoms with van der Waals surface area (Å²) in [4.78, 5) is 18.1. The van der Waals surface area contributed by atoms with Crippen LogP contribution in [-0.4, -0.2) is 37.0 Å². The predicted molar refractivity (Wildman–Crippen MR) is 130 cm³/mol. The Hall–Kier alpha value is -3.02. The molecule has 1 atom stereocenters. The maximum Gasteiger partial charge on any atom is 0.222 e. The fourth-order valence-corrected chi connectivity index (χ4v) is 3.64. The Morgan fingerprint density at radius 1 is 1.06 bits per heavy atom. The highest BCUT2D eigenvalue weighted by Crippen LogP contribution is 2.18. The summed E-state index contributed by atoms with van der Waals surface area (Å²) in [5.41, 5.74) is 3.51. The Balaban J connectivity index is 1.47. The van der Waals surface area contributed by atoms with Crippen LogP contribution in [0.4, 0.5) is 0 Å². The van der Waals surface area contributed by atoms with Gasteiger partial charge in [-0.25, -0.2) is 0 Å². The molecule has 6 nitrogen and oxygen atoms in total. The summed E-state index contributed by atoms with van der Waals surface area (Å²) in [6.07, 6.45) is 1.66. The molecule has 1 saturated heterocycles. The third-order valence-electron chi connectivity index (χ3n) is 5.57. The summed E-state index contributed by atoms with van der Waals surface area (Å²) in [5, 5.41) is 6.82. The van der Waals surface area contributed by atoms with Crippen molar-refractivity contribution in [3.63, 3.8) is 0 Å². The van der Waals surface area contributed by atoms with E-state index in [2.05, 4.69) is 72.8 Å². The first kappa shape index (κ1) is 23.6. The van der Waals surface area contributed by atoms with Crippen molar-refractivity contribution in [2.45, 2.75) is 52.7 Å². The molecule has 1 aliphatic heterocycles. The Labute approximate surface area is 192 Å². The zero-order valence-electron chi connectivity index (χ0n) is 19.7. The number of nitrogens with one attached hydrogen (secondary N) is 2. The second-order valence-electron chi connectivity index (χ2n) is 8.80. The SMILES string of the molecule is CN=C(NCc1ccc(CN2CCCC2=O)cc1)NC(C)c1ccc(OCC(C)C)cc1. The molecule has 32 heavy (non-hydrogen) atoms. The van der Waals surface area contributed by atoms with Crippen LogP contribution in [-0.2, 0) is 17.9 Å². The topological polar surface area (TPSA) is 66.0 Å². The van der Waals surface area contributed by atoms with Crippen molar-refractivity contribution in [1.82, 2.24) is 15.5 Å². The van der Waals surface area contributed by atoms with E-state index < -0.39 is 0 Å². The maximum atomic E-state index is 11.8. The van der Waals surface area contributed by atoms with E-state index in [1.54, 1.807) is 7.05 Å². The molecule has 0 aliphatic carbocycles. The van der Waals surface area contributed by atoms with Gasteiger partial charge in [0.25, 0.3) is 0 Å². The zero-order chi connectivity index (χ0) is 22.9. The number of ether oxygens (including phenoxy) is 1. The van der Waals surface area contributed by atoms with Crippen LogP contribution >= 0.6 is 0 Å². The van der Waals surface area contributed by atoms with Crippen molar-refractivity contribution in [3.8, 4) is 5.75 Å². The molecule has 1 aliphatic rings. The molecule has 0 bridgehead atoms. The van der Waals surface area contributed by atoms with Gasteiger partial charge in [0, 0.05) is 33.1 Å². The van der Waals surface area contributed by atoms with Crippen molar-refractivity contribution in [2.24, 2.45) is 10.9 Å². The molecule has 1 heterocycles. The lowest BCUT2D eigenvalue weighted by molar-refractivity contribution is -0.128. The van der Waals surface area contributed by atoms with E-state index in [9.17, 15) is 4.79 Å². The van der Waals surface area contributed by atoms with Crippen LogP contribution in [0.15, 0.2) is 53.5 Å². The van der Waals surface area contributed by atoms with E-state index in [1.807, 2.05) is 17.0 Å². The Morgan fingerprint density at radius 3 is 2.34 bits per heavy atom. The van der Waals surface area contributed by atoms with Gasteiger partial charge in [0.1, 0.15) is 5.75 Å². The minimum Gasteiger partial charge on any atom is -0.493 e. The third kappa shape index (κ3) is 7.01. The van der Waals surface area contributed by atoms with Crippen molar-refractivity contribution in [1.29, 1.82) is 0 Å². The van der Waals surface area contributed by atoms with Gasteiger partial charge in [-0.3, -0.25) is 9.79 Å². The molecular formula is C26H36N4O2. The average molecular weight is 437 g/mol. The van der Waals surface area contributed by atoms with Crippen molar-refractivity contribution >= 4 is 11.9 Å². The fourth-order valence-electron chi connectivity index (χ4n) is 3.64. The lowest BCUT2D eigenvalue weighted by Gasteiger charge is -2.19. The summed E-state index contributed by atoms with van der Waals surface area (Å²) < 4.78 is 5.77. The first-order valence-corrected chi connectivity index (χ1v) is 11.5. The van der Waals surface area contributed by atoms with Gasteiger partial charge in [-0.15, -0.1) is 0 Å². The van der Waals surface area contributed by atoms with Crippen LogP contribution in [0.3, 0.4) is 0 Å². The van der Waals surface area contributed by atoms with E-state index in [-0.39, 0.29) is 11.9 Å². The Kier molecular flexibility index (Phi) is 8.54. The number of hydrogen-bond acceptors (Lipinski definition) is 3. The van der Waals surface area contributed by atoms with Gasteiger partial charge in [-0.2, -0.15) is 0 Å². The summed E-state index contributed by atoms with van der Waals surface area (Å²) >= 11 is 0. The summed E-state index contributed by atoms with van der Waals surface area (Å²) in [6, 6.07) is 16.7. The summed E-state index contributed by atoms with van der Waals surface area (Å²) in [7, 11) is 1.78. The second-order valence-corrected chi connectivity index (χ2v) is 8.80. The average Bonchev–Trinajstić information content (AvgIpc) is 3.20. The molecule has 2 N–H and O–H groups in total. The van der Waals surface area contributed by atoms with Gasteiger partial charge in [0.05, 0.1) is 12.6 Å². The third-order valence-corrected chi connectivity index (χ3v) is 5.57. The number of nitrogens with zero attached hydrogens (tertiary/aromatic N) is 2. The quantitative estimate of drug-likeness (QED) is 0.455. The zero-order valence-corrected chi connectivity index (χ0v) is 19.7. The highest BCUT2D eigenvalue weighted by atomic mass is 16.5. The van der Waals surface area contributed by atoms with Crippen LogP contribution in [0.2, 0.25) is 0 Å². The maximum absolute atomic E-state index is 11.8. The molecule has 6 heteroatoms. The molecule has 0 aromatic heterocycles.